The molecule has 1 nitrogen and oxygen atoms in total. The van der Waals surface area contributed by atoms with Crippen molar-refractivity contribution in [3.63, 3.8) is 0 Å². The van der Waals surface area contributed by atoms with Gasteiger partial charge in [-0.3, -0.25) is 0 Å². The average Bonchev–Trinajstić information content (AvgIpc) is 2.11. The van der Waals surface area contributed by atoms with Crippen molar-refractivity contribution in [3.8, 4) is 5.75 Å². The topological polar surface area (TPSA) is 20.2 Å². The molecule has 0 radical (unpaired) electrons. The first-order valence-corrected chi connectivity index (χ1v) is 4.54. The van der Waals surface area contributed by atoms with Gasteiger partial charge in [-0.2, -0.15) is 0 Å². The third kappa shape index (κ3) is 1.47. The maximum absolute atomic E-state index is 13.4. The third-order valence-corrected chi connectivity index (χ3v) is 2.43. The summed E-state index contributed by atoms with van der Waals surface area (Å²) in [4.78, 5) is 0. The molecule has 14 heavy (non-hydrogen) atoms. The molecule has 0 fully saturated rings. The molecule has 3 heteroatoms. The highest BCUT2D eigenvalue weighted by Crippen LogP contribution is 2.35. The van der Waals surface area contributed by atoms with Crippen molar-refractivity contribution in [3.05, 3.63) is 28.3 Å². The summed E-state index contributed by atoms with van der Waals surface area (Å²) in [5, 5.41) is 9.51. The van der Waals surface area contributed by atoms with Gasteiger partial charge in [-0.25, -0.2) is 8.78 Å². The number of benzene rings is 1. The molecule has 0 saturated carbocycles. The van der Waals surface area contributed by atoms with Crippen molar-refractivity contribution in [1.29, 1.82) is 0 Å². The monoisotopic (exact) mass is 200 g/mol. The molecular weight excluding hydrogens is 186 g/mol. The molecule has 1 rings (SSSR count). The summed E-state index contributed by atoms with van der Waals surface area (Å²) in [6.07, 6.45) is 0. The highest BCUT2D eigenvalue weighted by atomic mass is 19.1. The van der Waals surface area contributed by atoms with E-state index in [4.69, 9.17) is 0 Å². The molecular formula is C11H14F2O. The second-order valence-electron chi connectivity index (χ2n) is 3.79. The van der Waals surface area contributed by atoms with Crippen LogP contribution >= 0.6 is 0 Å². The lowest BCUT2D eigenvalue weighted by Gasteiger charge is -2.15. The van der Waals surface area contributed by atoms with E-state index in [0.717, 1.165) is 0 Å². The Morgan fingerprint density at radius 2 is 1.50 bits per heavy atom. The largest absolute Gasteiger partial charge is 0.505 e. The van der Waals surface area contributed by atoms with E-state index >= 15 is 0 Å². The summed E-state index contributed by atoms with van der Waals surface area (Å²) >= 11 is 0. The summed E-state index contributed by atoms with van der Waals surface area (Å²) in [5.41, 5.74) is 0.561. The number of hydrogen-bond acceptors (Lipinski definition) is 1. The standard InChI is InChI=1S/C11H14F2O/c1-5(2)8-6(3)9(12)7(4)10(13)11(8)14/h5,14H,1-4H3. The molecule has 1 aromatic carbocycles. The summed E-state index contributed by atoms with van der Waals surface area (Å²) in [5.74, 6) is -1.93. The predicted octanol–water partition coefficient (Wildman–Crippen LogP) is 3.41. The number of halogens is 2. The van der Waals surface area contributed by atoms with Gasteiger partial charge in [-0.15, -0.1) is 0 Å². The van der Waals surface area contributed by atoms with Gasteiger partial charge in [-0.05, 0) is 25.3 Å². The van der Waals surface area contributed by atoms with Gasteiger partial charge in [0.15, 0.2) is 11.6 Å². The predicted molar refractivity (Wildman–Crippen MR) is 51.6 cm³/mol. The number of rotatable bonds is 1. The number of aromatic hydroxyl groups is 1. The van der Waals surface area contributed by atoms with E-state index in [1.54, 1.807) is 20.8 Å². The maximum Gasteiger partial charge on any atom is 0.170 e. The van der Waals surface area contributed by atoms with Gasteiger partial charge in [0.05, 0.1) is 0 Å². The zero-order chi connectivity index (χ0) is 11.0. The summed E-state index contributed by atoms with van der Waals surface area (Å²) < 4.78 is 26.7. The lowest BCUT2D eigenvalue weighted by atomic mass is 9.94. The Balaban J connectivity index is 3.60. The quantitative estimate of drug-likeness (QED) is 0.736. The molecule has 78 valence electrons. The highest BCUT2D eigenvalue weighted by molar-refractivity contribution is 5.46. The molecule has 0 aromatic heterocycles. The van der Waals surface area contributed by atoms with Crippen LogP contribution in [0.15, 0.2) is 0 Å². The van der Waals surface area contributed by atoms with Crippen molar-refractivity contribution in [2.75, 3.05) is 0 Å². The first kappa shape index (κ1) is 11.0. The fourth-order valence-electron chi connectivity index (χ4n) is 1.68. The van der Waals surface area contributed by atoms with E-state index < -0.39 is 17.4 Å². The van der Waals surface area contributed by atoms with Crippen LogP contribution in [-0.4, -0.2) is 5.11 Å². The molecule has 1 N–H and O–H groups in total. The molecule has 0 aliphatic rings. The Hall–Kier alpha value is -1.12. The minimum absolute atomic E-state index is 0.0976. The van der Waals surface area contributed by atoms with E-state index in [9.17, 15) is 13.9 Å². The third-order valence-electron chi connectivity index (χ3n) is 2.43. The van der Waals surface area contributed by atoms with Crippen molar-refractivity contribution in [2.45, 2.75) is 33.6 Å². The SMILES string of the molecule is Cc1c(F)c(C)c(C(C)C)c(O)c1F. The fraction of sp³-hybridized carbons (Fsp3) is 0.455. The lowest BCUT2D eigenvalue weighted by Crippen LogP contribution is -2.02. The van der Waals surface area contributed by atoms with E-state index in [-0.39, 0.29) is 11.5 Å². The van der Waals surface area contributed by atoms with Crippen molar-refractivity contribution in [2.24, 2.45) is 0 Å². The van der Waals surface area contributed by atoms with E-state index in [0.29, 0.717) is 11.1 Å². The van der Waals surface area contributed by atoms with Gasteiger partial charge < -0.3 is 5.11 Å². The summed E-state index contributed by atoms with van der Waals surface area (Å²) in [6, 6.07) is 0. The van der Waals surface area contributed by atoms with Gasteiger partial charge in [0.25, 0.3) is 0 Å². The first-order chi connectivity index (χ1) is 6.37. The molecule has 0 atom stereocenters. The molecule has 0 amide bonds. The highest BCUT2D eigenvalue weighted by Gasteiger charge is 2.20. The van der Waals surface area contributed by atoms with Gasteiger partial charge in [0, 0.05) is 11.1 Å². The Bertz CT molecular complexity index is 341. The second-order valence-corrected chi connectivity index (χ2v) is 3.79. The van der Waals surface area contributed by atoms with Crippen LogP contribution in [0.1, 0.15) is 36.5 Å². The van der Waals surface area contributed by atoms with Crippen molar-refractivity contribution >= 4 is 0 Å². The maximum atomic E-state index is 13.4. The number of hydrogen-bond donors (Lipinski definition) is 1. The van der Waals surface area contributed by atoms with Crippen molar-refractivity contribution < 1.29 is 13.9 Å². The molecule has 0 heterocycles. The minimum Gasteiger partial charge on any atom is -0.505 e. The average molecular weight is 200 g/mol. The van der Waals surface area contributed by atoms with Crippen LogP contribution in [-0.2, 0) is 0 Å². The first-order valence-electron chi connectivity index (χ1n) is 4.54. The Morgan fingerprint density at radius 1 is 1.00 bits per heavy atom. The van der Waals surface area contributed by atoms with Crippen LogP contribution in [0.4, 0.5) is 8.78 Å². The van der Waals surface area contributed by atoms with Crippen LogP contribution in [0.3, 0.4) is 0 Å². The zero-order valence-corrected chi connectivity index (χ0v) is 8.78. The molecule has 0 spiro atoms. The molecule has 0 bridgehead atoms. The van der Waals surface area contributed by atoms with Crippen LogP contribution in [0.2, 0.25) is 0 Å². The Kier molecular flexibility index (Phi) is 2.79. The van der Waals surface area contributed by atoms with Crippen LogP contribution in [0.5, 0.6) is 5.75 Å². The van der Waals surface area contributed by atoms with Crippen LogP contribution in [0, 0.1) is 25.5 Å². The van der Waals surface area contributed by atoms with E-state index in [1.165, 1.54) is 6.92 Å². The molecule has 1 aromatic rings. The normalized spacial score (nSPS) is 11.1. The Labute approximate surface area is 82.4 Å². The summed E-state index contributed by atoms with van der Waals surface area (Å²) in [7, 11) is 0. The summed E-state index contributed by atoms with van der Waals surface area (Å²) in [6.45, 7) is 6.45. The van der Waals surface area contributed by atoms with Crippen LogP contribution in [0.25, 0.3) is 0 Å². The Morgan fingerprint density at radius 3 is 1.93 bits per heavy atom. The fourth-order valence-corrected chi connectivity index (χ4v) is 1.68. The van der Waals surface area contributed by atoms with Gasteiger partial charge in [0.1, 0.15) is 5.82 Å². The molecule has 0 aliphatic heterocycles. The minimum atomic E-state index is -0.850. The number of phenolic OH excluding ortho intramolecular Hbond substituents is 1. The molecule has 0 aliphatic carbocycles. The van der Waals surface area contributed by atoms with Gasteiger partial charge in [0.2, 0.25) is 0 Å². The van der Waals surface area contributed by atoms with E-state index in [1.807, 2.05) is 0 Å². The second kappa shape index (κ2) is 3.56. The molecule has 0 unspecified atom stereocenters. The van der Waals surface area contributed by atoms with Crippen LogP contribution < -0.4 is 0 Å². The van der Waals surface area contributed by atoms with Gasteiger partial charge >= 0.3 is 0 Å². The van der Waals surface area contributed by atoms with E-state index in [2.05, 4.69) is 0 Å². The lowest BCUT2D eigenvalue weighted by molar-refractivity contribution is 0.413. The zero-order valence-electron chi connectivity index (χ0n) is 8.78. The molecule has 0 saturated heterocycles. The van der Waals surface area contributed by atoms with Gasteiger partial charge in [-0.1, -0.05) is 13.8 Å². The number of phenols is 1. The van der Waals surface area contributed by atoms with Crippen molar-refractivity contribution in [1.82, 2.24) is 0 Å². The smallest absolute Gasteiger partial charge is 0.170 e.